The lowest BCUT2D eigenvalue weighted by Crippen LogP contribution is -2.48. The van der Waals surface area contributed by atoms with Crippen LogP contribution in [-0.2, 0) is 0 Å². The molecule has 0 rings (SSSR count). The Balaban J connectivity index is 3.06. The van der Waals surface area contributed by atoms with E-state index in [9.17, 15) is 0 Å². The van der Waals surface area contributed by atoms with Crippen molar-refractivity contribution in [2.45, 2.75) is 6.17 Å². The van der Waals surface area contributed by atoms with Crippen molar-refractivity contribution in [2.75, 3.05) is 45.8 Å². The van der Waals surface area contributed by atoms with E-state index in [2.05, 4.69) is 16.0 Å². The third-order valence-electron chi connectivity index (χ3n) is 1.71. The van der Waals surface area contributed by atoms with Gasteiger partial charge in [0, 0.05) is 45.8 Å². The van der Waals surface area contributed by atoms with Crippen molar-refractivity contribution in [2.24, 2.45) is 17.2 Å². The van der Waals surface area contributed by atoms with Crippen LogP contribution in [0.1, 0.15) is 0 Å². The van der Waals surface area contributed by atoms with Crippen molar-refractivity contribution in [1.29, 1.82) is 0 Å². The minimum Gasteiger partial charge on any atom is -0.329 e. The van der Waals surface area contributed by atoms with Gasteiger partial charge in [-0.25, -0.2) is 0 Å². The predicted octanol–water partition coefficient (Wildman–Crippen LogP) is -3.04. The molecule has 0 aromatic heterocycles. The summed E-state index contributed by atoms with van der Waals surface area (Å²) in [5.41, 5.74) is 16.4. The molecule has 0 amide bonds. The fourth-order valence-corrected chi connectivity index (χ4v) is 1.00. The van der Waals surface area contributed by atoms with Crippen LogP contribution in [0.15, 0.2) is 0 Å². The Labute approximate surface area is 86.0 Å². The average molecular weight is 204 g/mol. The second-order valence-corrected chi connectivity index (χ2v) is 3.09. The largest absolute Gasteiger partial charge is 0.329 e. The number of nitrogens with two attached hydrogens (primary N) is 3. The molecule has 0 heterocycles. The molecule has 1 atom stereocenters. The third-order valence-corrected chi connectivity index (χ3v) is 1.71. The van der Waals surface area contributed by atoms with Crippen molar-refractivity contribution in [3.05, 3.63) is 0 Å². The van der Waals surface area contributed by atoms with Gasteiger partial charge in [-0.2, -0.15) is 0 Å². The summed E-state index contributed by atoms with van der Waals surface area (Å²) in [4.78, 5) is 0. The van der Waals surface area contributed by atoms with E-state index in [-0.39, 0.29) is 6.17 Å². The van der Waals surface area contributed by atoms with Crippen LogP contribution < -0.4 is 33.2 Å². The fraction of sp³-hybridized carbons (Fsp3) is 1.00. The SMILES string of the molecule is NCCNCCNC(N)CNCCN. The molecule has 0 spiro atoms. The smallest absolute Gasteiger partial charge is 0.0675 e. The van der Waals surface area contributed by atoms with Gasteiger partial charge in [-0.05, 0) is 0 Å². The average Bonchev–Trinajstić information content (AvgIpc) is 2.18. The number of nitrogens with one attached hydrogen (secondary N) is 3. The van der Waals surface area contributed by atoms with Crippen LogP contribution in [0.25, 0.3) is 0 Å². The summed E-state index contributed by atoms with van der Waals surface area (Å²) >= 11 is 0. The van der Waals surface area contributed by atoms with E-state index in [0.717, 1.165) is 32.7 Å². The standard InChI is InChI=1S/C8H24N6/c9-1-3-12-5-6-14-8(11)7-13-4-2-10/h8,12-14H,1-7,9-11H2. The van der Waals surface area contributed by atoms with E-state index in [1.807, 2.05) is 0 Å². The molecular formula is C8H24N6. The molecule has 14 heavy (non-hydrogen) atoms. The molecule has 6 heteroatoms. The molecule has 0 fully saturated rings. The first-order valence-electron chi connectivity index (χ1n) is 5.11. The first-order valence-corrected chi connectivity index (χ1v) is 5.11. The van der Waals surface area contributed by atoms with E-state index in [1.165, 1.54) is 0 Å². The van der Waals surface area contributed by atoms with Gasteiger partial charge in [-0.15, -0.1) is 0 Å². The molecule has 1 unspecified atom stereocenters. The van der Waals surface area contributed by atoms with Gasteiger partial charge in [-0.1, -0.05) is 0 Å². The molecule has 0 radical (unpaired) electrons. The highest BCUT2D eigenvalue weighted by atomic mass is 15.1. The van der Waals surface area contributed by atoms with Gasteiger partial charge in [0.2, 0.25) is 0 Å². The van der Waals surface area contributed by atoms with E-state index >= 15 is 0 Å². The molecule has 0 aromatic rings. The lowest BCUT2D eigenvalue weighted by atomic mass is 10.4. The molecule has 0 aliphatic rings. The Morgan fingerprint density at radius 3 is 2.14 bits per heavy atom. The topological polar surface area (TPSA) is 114 Å². The predicted molar refractivity (Wildman–Crippen MR) is 59.8 cm³/mol. The van der Waals surface area contributed by atoms with Gasteiger partial charge < -0.3 is 27.8 Å². The first-order chi connectivity index (χ1) is 6.81. The summed E-state index contributed by atoms with van der Waals surface area (Å²) in [6.45, 7) is 5.46. The number of hydrogen-bond acceptors (Lipinski definition) is 6. The highest BCUT2D eigenvalue weighted by Crippen LogP contribution is 1.68. The summed E-state index contributed by atoms with van der Waals surface area (Å²) in [6.07, 6.45) is -0.0128. The van der Waals surface area contributed by atoms with Gasteiger partial charge in [0.25, 0.3) is 0 Å². The Morgan fingerprint density at radius 2 is 1.50 bits per heavy atom. The lowest BCUT2D eigenvalue weighted by Gasteiger charge is -2.14. The summed E-state index contributed by atoms with van der Waals surface area (Å²) in [5.74, 6) is 0. The third kappa shape index (κ3) is 9.85. The fourth-order valence-electron chi connectivity index (χ4n) is 1.00. The molecule has 0 aromatic carbocycles. The maximum absolute atomic E-state index is 5.76. The van der Waals surface area contributed by atoms with Crippen LogP contribution in [0.5, 0.6) is 0 Å². The molecule has 6 nitrogen and oxygen atoms in total. The highest BCUT2D eigenvalue weighted by molar-refractivity contribution is 4.63. The van der Waals surface area contributed by atoms with E-state index in [4.69, 9.17) is 17.2 Å². The Kier molecular flexibility index (Phi) is 10.7. The molecule has 9 N–H and O–H groups in total. The van der Waals surface area contributed by atoms with Crippen molar-refractivity contribution < 1.29 is 0 Å². The van der Waals surface area contributed by atoms with Crippen LogP contribution >= 0.6 is 0 Å². The number of hydrogen-bond donors (Lipinski definition) is 6. The second kappa shape index (κ2) is 10.8. The van der Waals surface area contributed by atoms with Crippen LogP contribution in [0.3, 0.4) is 0 Å². The van der Waals surface area contributed by atoms with Crippen LogP contribution in [0.4, 0.5) is 0 Å². The van der Waals surface area contributed by atoms with E-state index in [0.29, 0.717) is 13.1 Å². The Hall–Kier alpha value is -0.240. The van der Waals surface area contributed by atoms with Crippen LogP contribution in [0.2, 0.25) is 0 Å². The molecule has 86 valence electrons. The zero-order chi connectivity index (χ0) is 10.6. The minimum absolute atomic E-state index is 0.0128. The normalized spacial score (nSPS) is 13.1. The molecular weight excluding hydrogens is 180 g/mol. The summed E-state index contributed by atoms with van der Waals surface area (Å²) in [7, 11) is 0. The van der Waals surface area contributed by atoms with Gasteiger partial charge in [0.05, 0.1) is 6.17 Å². The zero-order valence-corrected chi connectivity index (χ0v) is 8.76. The van der Waals surface area contributed by atoms with Crippen molar-refractivity contribution in [3.8, 4) is 0 Å². The summed E-state index contributed by atoms with van der Waals surface area (Å²) in [6, 6.07) is 0. The molecule has 0 saturated heterocycles. The van der Waals surface area contributed by atoms with Crippen molar-refractivity contribution in [3.63, 3.8) is 0 Å². The van der Waals surface area contributed by atoms with Crippen LogP contribution in [-0.4, -0.2) is 52.0 Å². The molecule has 0 aliphatic carbocycles. The second-order valence-electron chi connectivity index (χ2n) is 3.09. The summed E-state index contributed by atoms with van der Waals surface area (Å²) < 4.78 is 0. The maximum atomic E-state index is 5.76. The maximum Gasteiger partial charge on any atom is 0.0675 e. The lowest BCUT2D eigenvalue weighted by molar-refractivity contribution is 0.481. The van der Waals surface area contributed by atoms with Gasteiger partial charge in [0.15, 0.2) is 0 Å². The van der Waals surface area contributed by atoms with E-state index < -0.39 is 0 Å². The first kappa shape index (κ1) is 13.8. The van der Waals surface area contributed by atoms with Crippen LogP contribution in [0, 0.1) is 0 Å². The molecule has 0 bridgehead atoms. The zero-order valence-electron chi connectivity index (χ0n) is 8.76. The van der Waals surface area contributed by atoms with Gasteiger partial charge in [-0.3, -0.25) is 5.32 Å². The Bertz CT molecular complexity index is 110. The van der Waals surface area contributed by atoms with Gasteiger partial charge >= 0.3 is 0 Å². The molecule has 0 aliphatic heterocycles. The monoisotopic (exact) mass is 204 g/mol. The minimum atomic E-state index is -0.0128. The molecule has 0 saturated carbocycles. The van der Waals surface area contributed by atoms with Crippen molar-refractivity contribution in [1.82, 2.24) is 16.0 Å². The Morgan fingerprint density at radius 1 is 0.857 bits per heavy atom. The highest BCUT2D eigenvalue weighted by Gasteiger charge is 1.98. The number of rotatable bonds is 10. The van der Waals surface area contributed by atoms with Crippen molar-refractivity contribution >= 4 is 0 Å². The summed E-state index contributed by atoms with van der Waals surface area (Å²) in [5, 5.41) is 9.48. The van der Waals surface area contributed by atoms with E-state index in [1.54, 1.807) is 0 Å². The quantitative estimate of drug-likeness (QED) is 0.166. The van der Waals surface area contributed by atoms with Gasteiger partial charge in [0.1, 0.15) is 0 Å².